The van der Waals surface area contributed by atoms with Crippen molar-refractivity contribution < 1.29 is 9.21 Å². The van der Waals surface area contributed by atoms with Gasteiger partial charge in [-0.1, -0.05) is 6.42 Å². The van der Waals surface area contributed by atoms with Crippen molar-refractivity contribution in [2.45, 2.75) is 26.2 Å². The van der Waals surface area contributed by atoms with Crippen LogP contribution >= 0.6 is 11.6 Å². The molecule has 2 rings (SSSR count). The number of aryl methyl sites for hydroxylation is 1. The van der Waals surface area contributed by atoms with E-state index in [0.717, 1.165) is 6.54 Å². The molecular weight excluding hydrogens is 238 g/mol. The number of carbonyl (C=O) groups is 1. The summed E-state index contributed by atoms with van der Waals surface area (Å²) in [6, 6.07) is 1.71. The third-order valence-corrected chi connectivity index (χ3v) is 4.04. The minimum Gasteiger partial charge on any atom is -0.469 e. The highest BCUT2D eigenvalue weighted by Gasteiger charge is 2.26. The molecule has 1 saturated carbocycles. The van der Waals surface area contributed by atoms with Crippen LogP contribution in [-0.2, 0) is 0 Å². The van der Waals surface area contributed by atoms with Crippen molar-refractivity contribution in [1.29, 1.82) is 0 Å². The first-order chi connectivity index (χ1) is 8.22. The molecule has 1 aromatic heterocycles. The monoisotopic (exact) mass is 255 g/mol. The molecule has 1 aliphatic rings. The molecule has 0 radical (unpaired) electrons. The van der Waals surface area contributed by atoms with Crippen LogP contribution in [0.1, 0.15) is 35.4 Å². The van der Waals surface area contributed by atoms with Crippen molar-refractivity contribution in [3.05, 3.63) is 23.7 Å². The second kappa shape index (κ2) is 5.58. The molecule has 0 spiro atoms. The Morgan fingerprint density at radius 1 is 1.53 bits per heavy atom. The number of nitrogens with one attached hydrogen (secondary N) is 1. The fourth-order valence-corrected chi connectivity index (χ4v) is 2.93. The minimum atomic E-state index is -0.0449. The summed E-state index contributed by atoms with van der Waals surface area (Å²) < 4.78 is 5.12. The molecule has 1 heterocycles. The highest BCUT2D eigenvalue weighted by Crippen LogP contribution is 2.31. The molecule has 0 bridgehead atoms. The Kier molecular flexibility index (Phi) is 4.11. The second-order valence-corrected chi connectivity index (χ2v) is 5.01. The van der Waals surface area contributed by atoms with Crippen molar-refractivity contribution in [2.24, 2.45) is 11.8 Å². The normalized spacial score (nSPS) is 23.9. The fraction of sp³-hybridized carbons (Fsp3) is 0.615. The third kappa shape index (κ3) is 2.83. The van der Waals surface area contributed by atoms with Gasteiger partial charge in [-0.05, 0) is 37.7 Å². The van der Waals surface area contributed by atoms with Crippen LogP contribution in [-0.4, -0.2) is 18.3 Å². The topological polar surface area (TPSA) is 42.2 Å². The zero-order valence-electron chi connectivity index (χ0n) is 10.0. The smallest absolute Gasteiger partial charge is 0.254 e. The molecule has 2 atom stereocenters. The number of carbonyl (C=O) groups excluding carboxylic acids is 1. The maximum absolute atomic E-state index is 11.9. The first-order valence-electron chi connectivity index (χ1n) is 6.10. The van der Waals surface area contributed by atoms with Crippen molar-refractivity contribution >= 4 is 17.5 Å². The molecule has 1 aliphatic carbocycles. The van der Waals surface area contributed by atoms with Gasteiger partial charge in [0.05, 0.1) is 11.8 Å². The summed E-state index contributed by atoms with van der Waals surface area (Å²) in [4.78, 5) is 11.9. The molecule has 3 nitrogen and oxygen atoms in total. The minimum absolute atomic E-state index is 0.0449. The molecule has 1 aromatic rings. The summed E-state index contributed by atoms with van der Waals surface area (Å²) in [5.41, 5.74) is 0.630. The molecule has 0 aromatic carbocycles. The SMILES string of the molecule is Cc1occc1C(=O)NCC1CCCC1CCl. The van der Waals surface area contributed by atoms with Gasteiger partial charge in [-0.15, -0.1) is 11.6 Å². The second-order valence-electron chi connectivity index (χ2n) is 4.71. The van der Waals surface area contributed by atoms with Crippen LogP contribution in [0.25, 0.3) is 0 Å². The lowest BCUT2D eigenvalue weighted by molar-refractivity contribution is 0.0943. The fourth-order valence-electron chi connectivity index (χ4n) is 2.53. The Bertz CT molecular complexity index is 389. The van der Waals surface area contributed by atoms with E-state index in [9.17, 15) is 4.79 Å². The van der Waals surface area contributed by atoms with Crippen LogP contribution in [0.5, 0.6) is 0 Å². The lowest BCUT2D eigenvalue weighted by Gasteiger charge is -2.17. The van der Waals surface area contributed by atoms with E-state index in [1.165, 1.54) is 19.3 Å². The van der Waals surface area contributed by atoms with Crippen LogP contribution in [0, 0.1) is 18.8 Å². The molecule has 2 unspecified atom stereocenters. The van der Waals surface area contributed by atoms with Gasteiger partial charge >= 0.3 is 0 Å². The summed E-state index contributed by atoms with van der Waals surface area (Å²) in [5, 5.41) is 2.97. The van der Waals surface area contributed by atoms with Crippen LogP contribution in [0.2, 0.25) is 0 Å². The van der Waals surface area contributed by atoms with E-state index >= 15 is 0 Å². The number of halogens is 1. The van der Waals surface area contributed by atoms with Gasteiger partial charge in [-0.25, -0.2) is 0 Å². The molecule has 1 amide bonds. The van der Waals surface area contributed by atoms with E-state index in [1.807, 2.05) is 0 Å². The van der Waals surface area contributed by atoms with Gasteiger partial charge in [0, 0.05) is 12.4 Å². The van der Waals surface area contributed by atoms with Crippen LogP contribution in [0.3, 0.4) is 0 Å². The molecule has 4 heteroatoms. The zero-order chi connectivity index (χ0) is 12.3. The predicted molar refractivity (Wildman–Crippen MR) is 67.3 cm³/mol. The first kappa shape index (κ1) is 12.5. The maximum atomic E-state index is 11.9. The molecule has 0 aliphatic heterocycles. The molecule has 17 heavy (non-hydrogen) atoms. The summed E-state index contributed by atoms with van der Waals surface area (Å²) in [7, 11) is 0. The third-order valence-electron chi connectivity index (χ3n) is 3.64. The number of hydrogen-bond acceptors (Lipinski definition) is 2. The number of furan rings is 1. The lowest BCUT2D eigenvalue weighted by atomic mass is 9.98. The summed E-state index contributed by atoms with van der Waals surface area (Å²) in [6.07, 6.45) is 5.13. The standard InChI is InChI=1S/C13H18ClNO2/c1-9-12(5-6-17-9)13(16)15-8-11-4-2-3-10(11)7-14/h5-6,10-11H,2-4,7-8H2,1H3,(H,15,16). The van der Waals surface area contributed by atoms with Crippen molar-refractivity contribution in [3.63, 3.8) is 0 Å². The van der Waals surface area contributed by atoms with Crippen LogP contribution < -0.4 is 5.32 Å². The summed E-state index contributed by atoms with van der Waals surface area (Å²) in [5.74, 6) is 2.41. The van der Waals surface area contributed by atoms with Crippen LogP contribution in [0.4, 0.5) is 0 Å². The average molecular weight is 256 g/mol. The zero-order valence-corrected chi connectivity index (χ0v) is 10.8. The molecule has 1 N–H and O–H groups in total. The Hall–Kier alpha value is -0.960. The lowest BCUT2D eigenvalue weighted by Crippen LogP contribution is -2.31. The van der Waals surface area contributed by atoms with E-state index in [1.54, 1.807) is 19.3 Å². The molecule has 1 fully saturated rings. The van der Waals surface area contributed by atoms with Gasteiger partial charge in [-0.2, -0.15) is 0 Å². The van der Waals surface area contributed by atoms with E-state index in [0.29, 0.717) is 29.0 Å². The molecule has 0 saturated heterocycles. The van der Waals surface area contributed by atoms with E-state index in [4.69, 9.17) is 16.0 Å². The highest BCUT2D eigenvalue weighted by atomic mass is 35.5. The number of hydrogen-bond donors (Lipinski definition) is 1. The average Bonchev–Trinajstić information content (AvgIpc) is 2.94. The number of rotatable bonds is 4. The van der Waals surface area contributed by atoms with Crippen molar-refractivity contribution in [1.82, 2.24) is 5.32 Å². The Morgan fingerprint density at radius 3 is 2.94 bits per heavy atom. The predicted octanol–water partition coefficient (Wildman–Crippen LogP) is 2.97. The van der Waals surface area contributed by atoms with Gasteiger partial charge in [0.25, 0.3) is 5.91 Å². The Labute approximate surface area is 107 Å². The van der Waals surface area contributed by atoms with Crippen molar-refractivity contribution in [2.75, 3.05) is 12.4 Å². The van der Waals surface area contributed by atoms with E-state index in [-0.39, 0.29) is 5.91 Å². The van der Waals surface area contributed by atoms with E-state index in [2.05, 4.69) is 5.32 Å². The van der Waals surface area contributed by atoms with E-state index < -0.39 is 0 Å². The van der Waals surface area contributed by atoms with Gasteiger partial charge in [0.2, 0.25) is 0 Å². The Morgan fingerprint density at radius 2 is 2.29 bits per heavy atom. The van der Waals surface area contributed by atoms with Gasteiger partial charge in [0.1, 0.15) is 5.76 Å². The molecule has 94 valence electrons. The Balaban J connectivity index is 1.86. The summed E-state index contributed by atoms with van der Waals surface area (Å²) >= 11 is 5.91. The number of alkyl halides is 1. The largest absolute Gasteiger partial charge is 0.469 e. The summed E-state index contributed by atoms with van der Waals surface area (Å²) in [6.45, 7) is 2.52. The number of amides is 1. The quantitative estimate of drug-likeness (QED) is 0.841. The van der Waals surface area contributed by atoms with Gasteiger partial charge < -0.3 is 9.73 Å². The highest BCUT2D eigenvalue weighted by molar-refractivity contribution is 6.18. The van der Waals surface area contributed by atoms with Crippen LogP contribution in [0.15, 0.2) is 16.7 Å². The van der Waals surface area contributed by atoms with Gasteiger partial charge in [0.15, 0.2) is 0 Å². The van der Waals surface area contributed by atoms with Gasteiger partial charge in [-0.3, -0.25) is 4.79 Å². The molecular formula is C13H18ClNO2. The first-order valence-corrected chi connectivity index (χ1v) is 6.64. The van der Waals surface area contributed by atoms with Crippen molar-refractivity contribution in [3.8, 4) is 0 Å². The maximum Gasteiger partial charge on any atom is 0.254 e.